The second-order valence-electron chi connectivity index (χ2n) is 6.07. The van der Waals surface area contributed by atoms with Gasteiger partial charge in [0.15, 0.2) is 0 Å². The maximum Gasteiger partial charge on any atom is 0.337 e. The van der Waals surface area contributed by atoms with E-state index < -0.39 is 58.0 Å². The summed E-state index contributed by atoms with van der Waals surface area (Å²) in [6.07, 6.45) is 0. The van der Waals surface area contributed by atoms with Crippen LogP contribution in [0.4, 0.5) is 11.4 Å². The number of aromatic carboxylic acids is 1. The summed E-state index contributed by atoms with van der Waals surface area (Å²) in [6.45, 7) is 0. The molecular weight excluding hydrogens is 476 g/mol. The van der Waals surface area contributed by atoms with Gasteiger partial charge in [-0.3, -0.25) is 9.11 Å². The van der Waals surface area contributed by atoms with E-state index in [0.29, 0.717) is 11.5 Å². The van der Waals surface area contributed by atoms with Gasteiger partial charge >= 0.3 is 5.97 Å². The van der Waals surface area contributed by atoms with Crippen molar-refractivity contribution in [3.05, 3.63) is 53.1 Å². The molecule has 3 rings (SSSR count). The van der Waals surface area contributed by atoms with E-state index in [2.05, 4.69) is 10.2 Å². The molecule has 14 heteroatoms. The highest BCUT2D eigenvalue weighted by atomic mass is 35.5. The number of fused-ring (bicyclic) bond motifs is 1. The van der Waals surface area contributed by atoms with Crippen LogP contribution in [0.1, 0.15) is 10.4 Å². The van der Waals surface area contributed by atoms with Crippen molar-refractivity contribution < 1.29 is 40.9 Å². The molecule has 162 valence electrons. The lowest BCUT2D eigenvalue weighted by molar-refractivity contribution is 0.0697. The van der Waals surface area contributed by atoms with E-state index in [1.165, 1.54) is 18.2 Å². The Morgan fingerprint density at radius 2 is 1.55 bits per heavy atom. The van der Waals surface area contributed by atoms with Crippen molar-refractivity contribution in [1.82, 2.24) is 0 Å². The zero-order valence-corrected chi connectivity index (χ0v) is 17.3. The quantitative estimate of drug-likeness (QED) is 0.306. The van der Waals surface area contributed by atoms with E-state index in [-0.39, 0.29) is 11.1 Å². The van der Waals surface area contributed by atoms with Crippen LogP contribution < -0.4 is 0 Å². The SMILES string of the molecule is O=C(O)c1cc(N=Nc2c(O)ccc3ccc(S(=O)(=O)O)cc23)c(S(=O)(=O)O)cc1Cl. The topological polar surface area (TPSA) is 191 Å². The Bertz CT molecular complexity index is 1480. The molecule has 0 bridgehead atoms. The minimum atomic E-state index is -4.89. The van der Waals surface area contributed by atoms with Gasteiger partial charge < -0.3 is 10.2 Å². The fourth-order valence-electron chi connectivity index (χ4n) is 2.63. The van der Waals surface area contributed by atoms with Crippen molar-refractivity contribution in [2.24, 2.45) is 10.2 Å². The van der Waals surface area contributed by atoms with E-state index in [1.807, 2.05) is 0 Å². The summed E-state index contributed by atoms with van der Waals surface area (Å²) in [5.74, 6) is -1.99. The lowest BCUT2D eigenvalue weighted by Gasteiger charge is -2.08. The van der Waals surface area contributed by atoms with Gasteiger partial charge in [0.1, 0.15) is 22.0 Å². The number of azo groups is 1. The lowest BCUT2D eigenvalue weighted by Crippen LogP contribution is -2.03. The van der Waals surface area contributed by atoms with Crippen LogP contribution in [0.3, 0.4) is 0 Å². The molecule has 0 heterocycles. The van der Waals surface area contributed by atoms with E-state index in [9.17, 15) is 40.9 Å². The Balaban J connectivity index is 2.28. The first kappa shape index (κ1) is 22.6. The first-order valence-electron chi connectivity index (χ1n) is 7.98. The maximum absolute atomic E-state index is 11.6. The largest absolute Gasteiger partial charge is 0.506 e. The number of phenolic OH excluding ortho intramolecular Hbond substituents is 1. The van der Waals surface area contributed by atoms with Gasteiger partial charge in [-0.1, -0.05) is 23.7 Å². The van der Waals surface area contributed by atoms with Gasteiger partial charge in [-0.25, -0.2) is 4.79 Å². The summed E-state index contributed by atoms with van der Waals surface area (Å²) in [6, 6.07) is 7.50. The van der Waals surface area contributed by atoms with Gasteiger partial charge in [-0.2, -0.15) is 16.8 Å². The van der Waals surface area contributed by atoms with Gasteiger partial charge in [0.25, 0.3) is 20.2 Å². The Morgan fingerprint density at radius 1 is 0.903 bits per heavy atom. The van der Waals surface area contributed by atoms with Crippen LogP contribution in [-0.4, -0.2) is 42.1 Å². The van der Waals surface area contributed by atoms with Crippen LogP contribution in [0, 0.1) is 0 Å². The van der Waals surface area contributed by atoms with Crippen molar-refractivity contribution in [3.8, 4) is 5.75 Å². The molecule has 0 aliphatic heterocycles. The molecule has 11 nitrogen and oxygen atoms in total. The smallest absolute Gasteiger partial charge is 0.337 e. The Labute approximate surface area is 179 Å². The molecule has 0 aliphatic rings. The van der Waals surface area contributed by atoms with E-state index >= 15 is 0 Å². The van der Waals surface area contributed by atoms with E-state index in [4.69, 9.17) is 11.6 Å². The Morgan fingerprint density at radius 3 is 2.13 bits per heavy atom. The van der Waals surface area contributed by atoms with Crippen LogP contribution in [0.5, 0.6) is 5.75 Å². The number of benzene rings is 3. The molecule has 0 atom stereocenters. The van der Waals surface area contributed by atoms with Crippen LogP contribution in [0.15, 0.2) is 62.5 Å². The second kappa shape index (κ2) is 7.86. The first-order valence-corrected chi connectivity index (χ1v) is 11.2. The maximum atomic E-state index is 11.6. The van der Waals surface area contributed by atoms with Gasteiger partial charge in [0.05, 0.1) is 15.5 Å². The van der Waals surface area contributed by atoms with Gasteiger partial charge in [-0.15, -0.1) is 10.2 Å². The van der Waals surface area contributed by atoms with Crippen molar-refractivity contribution in [2.45, 2.75) is 9.79 Å². The summed E-state index contributed by atoms with van der Waals surface area (Å²) in [4.78, 5) is 9.94. The lowest BCUT2D eigenvalue weighted by atomic mass is 10.1. The van der Waals surface area contributed by atoms with E-state index in [1.54, 1.807) is 0 Å². The third kappa shape index (κ3) is 4.65. The van der Waals surface area contributed by atoms with Crippen molar-refractivity contribution in [1.29, 1.82) is 0 Å². The van der Waals surface area contributed by atoms with E-state index in [0.717, 1.165) is 18.2 Å². The molecule has 3 aromatic rings. The monoisotopic (exact) mass is 486 g/mol. The van der Waals surface area contributed by atoms with Crippen molar-refractivity contribution in [2.75, 3.05) is 0 Å². The van der Waals surface area contributed by atoms with Crippen molar-refractivity contribution in [3.63, 3.8) is 0 Å². The standard InChI is InChI=1S/C17H11ClN2O9S2/c18-12-7-15(31(27,28)29)13(6-11(12)17(22)23)19-20-16-10-5-9(30(24,25)26)3-1-8(10)2-4-14(16)21/h1-7,21H,(H,22,23)(H,24,25,26)(H,27,28,29). The fraction of sp³-hybridized carbons (Fsp3) is 0. The fourth-order valence-corrected chi connectivity index (χ4v) is 4.08. The number of rotatable bonds is 5. The number of hydrogen-bond acceptors (Lipinski definition) is 8. The Kier molecular flexibility index (Phi) is 5.73. The summed E-state index contributed by atoms with van der Waals surface area (Å²) < 4.78 is 64.7. The molecule has 3 aromatic carbocycles. The zero-order chi connectivity index (χ0) is 23.1. The molecule has 4 N–H and O–H groups in total. The molecule has 0 radical (unpaired) electrons. The molecule has 0 amide bonds. The molecule has 0 saturated carbocycles. The highest BCUT2D eigenvalue weighted by molar-refractivity contribution is 7.86. The number of aromatic hydroxyl groups is 1. The highest BCUT2D eigenvalue weighted by Gasteiger charge is 2.22. The summed E-state index contributed by atoms with van der Waals surface area (Å²) in [5, 5.41) is 26.6. The third-order valence-electron chi connectivity index (χ3n) is 4.06. The molecule has 0 spiro atoms. The number of carbonyl (C=O) groups is 1. The molecule has 0 unspecified atom stereocenters. The number of phenols is 1. The van der Waals surface area contributed by atoms with Crippen LogP contribution in [0.2, 0.25) is 5.02 Å². The molecule has 0 saturated heterocycles. The van der Waals surface area contributed by atoms with Crippen LogP contribution >= 0.6 is 11.6 Å². The average Bonchev–Trinajstić information content (AvgIpc) is 2.65. The molecular formula is C17H11ClN2O9S2. The minimum Gasteiger partial charge on any atom is -0.506 e. The van der Waals surface area contributed by atoms with Crippen LogP contribution in [-0.2, 0) is 20.2 Å². The molecule has 0 aliphatic carbocycles. The first-order chi connectivity index (χ1) is 14.3. The predicted molar refractivity (Wildman–Crippen MR) is 108 cm³/mol. The van der Waals surface area contributed by atoms with Gasteiger partial charge in [0, 0.05) is 5.39 Å². The third-order valence-corrected chi connectivity index (χ3v) is 6.10. The predicted octanol–water partition coefficient (Wildman–Crippen LogP) is 3.81. The normalized spacial score (nSPS) is 12.5. The Hall–Kier alpha value is -3.10. The number of halogens is 1. The molecule has 0 aromatic heterocycles. The molecule has 31 heavy (non-hydrogen) atoms. The van der Waals surface area contributed by atoms with Gasteiger partial charge in [-0.05, 0) is 35.7 Å². The summed E-state index contributed by atoms with van der Waals surface area (Å²) in [5.41, 5.74) is -1.44. The minimum absolute atomic E-state index is 0.0275. The summed E-state index contributed by atoms with van der Waals surface area (Å²) in [7, 11) is -9.47. The zero-order valence-electron chi connectivity index (χ0n) is 15.0. The van der Waals surface area contributed by atoms with Crippen LogP contribution in [0.25, 0.3) is 10.8 Å². The van der Waals surface area contributed by atoms with Crippen molar-refractivity contribution >= 4 is 60.0 Å². The second-order valence-corrected chi connectivity index (χ2v) is 9.29. The van der Waals surface area contributed by atoms with Gasteiger partial charge in [0.2, 0.25) is 0 Å². The number of carboxylic acid groups (broad SMARTS) is 1. The number of nitrogens with zero attached hydrogens (tertiary/aromatic N) is 2. The highest BCUT2D eigenvalue weighted by Crippen LogP contribution is 2.38. The number of hydrogen-bond donors (Lipinski definition) is 4. The number of carboxylic acids is 1. The summed E-state index contributed by atoms with van der Waals surface area (Å²) >= 11 is 5.73. The molecule has 0 fully saturated rings. The average molecular weight is 487 g/mol.